The van der Waals surface area contributed by atoms with Crippen LogP contribution < -0.4 is 4.57 Å². The zero-order valence-electron chi connectivity index (χ0n) is 16.9. The summed E-state index contributed by atoms with van der Waals surface area (Å²) in [5, 5.41) is 11.5. The second kappa shape index (κ2) is 9.80. The molecule has 0 aliphatic heterocycles. The van der Waals surface area contributed by atoms with Crippen LogP contribution in [0.5, 0.6) is 0 Å². The van der Waals surface area contributed by atoms with Crippen LogP contribution in [0.15, 0.2) is 55.1 Å². The molecule has 0 bridgehead atoms. The Labute approximate surface area is 200 Å². The minimum atomic E-state index is -1.09. The first kappa shape index (κ1) is 23.9. The highest BCUT2D eigenvalue weighted by molar-refractivity contribution is 6.35. The lowest BCUT2D eigenvalue weighted by atomic mass is 10.1. The predicted octanol–water partition coefficient (Wildman–Crippen LogP) is 6.17. The Morgan fingerprint density at radius 1 is 1.10 bits per heavy atom. The third-order valence-electron chi connectivity index (χ3n) is 5.00. The van der Waals surface area contributed by atoms with E-state index in [2.05, 4.69) is 0 Å². The highest BCUT2D eigenvalue weighted by Crippen LogP contribution is 2.31. The molecule has 0 saturated heterocycles. The summed E-state index contributed by atoms with van der Waals surface area (Å²) in [7, 11) is 0. The van der Waals surface area contributed by atoms with E-state index in [1.165, 1.54) is 0 Å². The first-order chi connectivity index (χ1) is 14.6. The number of carboxylic acids is 1. The molecule has 164 valence electrons. The molecule has 9 heteroatoms. The molecule has 31 heavy (non-hydrogen) atoms. The van der Waals surface area contributed by atoms with Crippen molar-refractivity contribution in [3.05, 3.63) is 86.3 Å². The van der Waals surface area contributed by atoms with Gasteiger partial charge in [0.2, 0.25) is 11.9 Å². The molecular weight excluding hydrogens is 482 g/mol. The number of aliphatic carboxylic acids is 1. The summed E-state index contributed by atoms with van der Waals surface area (Å²) in [6.07, 6.45) is 4.79. The Morgan fingerprint density at radius 2 is 1.74 bits per heavy atom. The van der Waals surface area contributed by atoms with Gasteiger partial charge in [0.05, 0.1) is 6.61 Å². The van der Waals surface area contributed by atoms with E-state index in [0.29, 0.717) is 26.6 Å². The van der Waals surface area contributed by atoms with Crippen molar-refractivity contribution in [3.8, 4) is 0 Å². The van der Waals surface area contributed by atoms with Crippen molar-refractivity contribution in [2.24, 2.45) is 0 Å². The number of imidazole rings is 1. The summed E-state index contributed by atoms with van der Waals surface area (Å²) < 4.78 is 9.68. The molecule has 3 rings (SSSR count). The lowest BCUT2D eigenvalue weighted by Gasteiger charge is -2.19. The van der Waals surface area contributed by atoms with Crippen molar-refractivity contribution in [1.29, 1.82) is 0 Å². The van der Waals surface area contributed by atoms with Crippen molar-refractivity contribution in [1.82, 2.24) is 4.57 Å². The van der Waals surface area contributed by atoms with Crippen LogP contribution in [0.2, 0.25) is 20.1 Å². The summed E-state index contributed by atoms with van der Waals surface area (Å²) in [4.78, 5) is 11.6. The fourth-order valence-electron chi connectivity index (χ4n) is 2.97. The molecule has 0 spiro atoms. The monoisotopic (exact) mass is 501 g/mol. The molecule has 1 atom stereocenters. The summed E-state index contributed by atoms with van der Waals surface area (Å²) in [6.45, 7) is 3.90. The summed E-state index contributed by atoms with van der Waals surface area (Å²) in [5.41, 5.74) is 0.459. The normalized spacial score (nSPS) is 12.7. The van der Waals surface area contributed by atoms with Gasteiger partial charge < -0.3 is 9.84 Å². The van der Waals surface area contributed by atoms with E-state index >= 15 is 0 Å². The largest absolute Gasteiger partial charge is 0.478 e. The van der Waals surface area contributed by atoms with Crippen LogP contribution in [0.3, 0.4) is 0 Å². The van der Waals surface area contributed by atoms with Gasteiger partial charge in [-0.2, -0.15) is 0 Å². The molecule has 1 aromatic heterocycles. The molecule has 2 aromatic carbocycles. The van der Waals surface area contributed by atoms with E-state index in [1.54, 1.807) is 61.4 Å². The fraction of sp³-hybridized carbons (Fsp3) is 0.273. The van der Waals surface area contributed by atoms with E-state index in [4.69, 9.17) is 51.1 Å². The van der Waals surface area contributed by atoms with Gasteiger partial charge in [-0.1, -0.05) is 58.5 Å². The van der Waals surface area contributed by atoms with Crippen molar-refractivity contribution >= 4 is 52.4 Å². The molecule has 1 N–H and O–H groups in total. The first-order valence-corrected chi connectivity index (χ1v) is 10.9. The minimum Gasteiger partial charge on any atom is -0.478 e. The average Bonchev–Trinajstić information content (AvgIpc) is 3.16. The van der Waals surface area contributed by atoms with E-state index in [1.807, 2.05) is 16.7 Å². The van der Waals surface area contributed by atoms with Crippen molar-refractivity contribution in [2.45, 2.75) is 38.6 Å². The van der Waals surface area contributed by atoms with Crippen LogP contribution in [-0.4, -0.2) is 15.6 Å². The van der Waals surface area contributed by atoms with Crippen molar-refractivity contribution in [3.63, 3.8) is 0 Å². The van der Waals surface area contributed by atoms with E-state index in [9.17, 15) is 9.90 Å². The summed E-state index contributed by atoms with van der Waals surface area (Å²) in [5.74, 6) is -0.929. The van der Waals surface area contributed by atoms with Crippen LogP contribution in [0.1, 0.15) is 31.1 Å². The van der Waals surface area contributed by atoms with E-state index in [-0.39, 0.29) is 6.61 Å². The average molecular weight is 503 g/mol. The Kier molecular flexibility index (Phi) is 7.55. The summed E-state index contributed by atoms with van der Waals surface area (Å²) in [6, 6.07) is 10.4. The molecule has 5 nitrogen and oxygen atoms in total. The number of carbonyl (C=O) groups is 1. The number of benzene rings is 2. The molecule has 1 heterocycles. The van der Waals surface area contributed by atoms with Crippen LogP contribution >= 0.6 is 46.4 Å². The second-order valence-electron chi connectivity index (χ2n) is 7.58. The van der Waals surface area contributed by atoms with Gasteiger partial charge in [-0.25, -0.2) is 13.9 Å². The quantitative estimate of drug-likeness (QED) is 0.375. The van der Waals surface area contributed by atoms with E-state index < -0.39 is 17.6 Å². The summed E-state index contributed by atoms with van der Waals surface area (Å²) >= 11 is 24.8. The molecule has 3 aromatic rings. The molecule has 1 unspecified atom stereocenters. The van der Waals surface area contributed by atoms with Gasteiger partial charge in [-0.15, -0.1) is 0 Å². The Balaban J connectivity index is 1.87. The Bertz CT molecular complexity index is 1100. The van der Waals surface area contributed by atoms with Gasteiger partial charge in [0.15, 0.2) is 0 Å². The van der Waals surface area contributed by atoms with Gasteiger partial charge in [-0.3, -0.25) is 0 Å². The number of hydrogen-bond donors (Lipinski definition) is 1. The number of carboxylic acid groups (broad SMARTS) is 1. The third-order valence-corrected chi connectivity index (χ3v) is 6.15. The van der Waals surface area contributed by atoms with Crippen LogP contribution in [0.25, 0.3) is 0 Å². The maximum Gasteiger partial charge on any atom is 0.351 e. The maximum atomic E-state index is 11.6. The minimum absolute atomic E-state index is 0.238. The number of nitrogens with zero attached hydrogens (tertiary/aromatic N) is 2. The fourth-order valence-corrected chi connectivity index (χ4v) is 3.96. The number of hydrogen-bond acceptors (Lipinski definition) is 2. The molecule has 0 fully saturated rings. The Hall–Kier alpha value is -1.76. The molecule has 0 saturated carbocycles. The van der Waals surface area contributed by atoms with Gasteiger partial charge in [-0.05, 0) is 43.7 Å². The highest BCUT2D eigenvalue weighted by atomic mass is 35.5. The molecule has 0 radical (unpaired) electrons. The maximum absolute atomic E-state index is 11.6. The number of ether oxygens (including phenoxy) is 1. The molecule has 0 aliphatic rings. The SMILES string of the molecule is CC(C)(C(=O)O)n1cc[n+](CC(OCc2ccc(Cl)cc2Cl)c2ccc(Cl)cc2Cl)c1. The standard InChI is InChI=1S/C22H20Cl4N2O3/c1-22(2,21(29)30)28-8-7-27(13-28)11-20(17-6-5-16(24)10-19(17)26)31-12-14-3-4-15(23)9-18(14)25/h3-10,13,20H,11-12H2,1-2H3/p+1. The highest BCUT2D eigenvalue weighted by Gasteiger charge is 2.34. The van der Waals surface area contributed by atoms with E-state index in [0.717, 1.165) is 11.1 Å². The number of aromatic nitrogens is 2. The number of rotatable bonds is 8. The zero-order valence-corrected chi connectivity index (χ0v) is 19.9. The lowest BCUT2D eigenvalue weighted by molar-refractivity contribution is -0.705. The molecule has 0 amide bonds. The van der Waals surface area contributed by atoms with Crippen molar-refractivity contribution < 1.29 is 19.2 Å². The van der Waals surface area contributed by atoms with Crippen molar-refractivity contribution in [2.75, 3.05) is 0 Å². The third kappa shape index (κ3) is 5.73. The van der Waals surface area contributed by atoms with Crippen LogP contribution in [0.4, 0.5) is 0 Å². The van der Waals surface area contributed by atoms with Gasteiger partial charge >= 0.3 is 5.97 Å². The second-order valence-corrected chi connectivity index (χ2v) is 9.27. The predicted molar refractivity (Wildman–Crippen MR) is 122 cm³/mol. The number of halogens is 4. The first-order valence-electron chi connectivity index (χ1n) is 9.39. The molecule has 0 aliphatic carbocycles. The van der Waals surface area contributed by atoms with Gasteiger partial charge in [0, 0.05) is 25.7 Å². The smallest absolute Gasteiger partial charge is 0.351 e. The van der Waals surface area contributed by atoms with Crippen LogP contribution in [-0.2, 0) is 28.2 Å². The molecular formula is C22H21Cl4N2O3+. The van der Waals surface area contributed by atoms with Gasteiger partial charge in [0.25, 0.3) is 0 Å². The zero-order chi connectivity index (χ0) is 22.8. The topological polar surface area (TPSA) is 55.3 Å². The van der Waals surface area contributed by atoms with Gasteiger partial charge in [0.1, 0.15) is 25.0 Å². The Morgan fingerprint density at radius 3 is 2.35 bits per heavy atom. The van der Waals surface area contributed by atoms with Crippen LogP contribution in [0, 0.1) is 0 Å². The lowest BCUT2D eigenvalue weighted by Crippen LogP contribution is -2.39.